The molecule has 1 aliphatic heterocycles. The molecule has 0 N–H and O–H groups in total. The predicted molar refractivity (Wildman–Crippen MR) is 58.9 cm³/mol. The molecule has 1 aliphatic rings. The molecule has 2 unspecified atom stereocenters. The van der Waals surface area contributed by atoms with Crippen molar-refractivity contribution in [2.45, 2.75) is 59.5 Å². The summed E-state index contributed by atoms with van der Waals surface area (Å²) in [5.41, 5.74) is 0. The van der Waals surface area contributed by atoms with E-state index in [1.807, 2.05) is 0 Å². The zero-order valence-electron chi connectivity index (χ0n) is 9.88. The predicted octanol–water partition coefficient (Wildman–Crippen LogP) is 3.15. The van der Waals surface area contributed by atoms with E-state index in [2.05, 4.69) is 39.5 Å². The molecular formula is C12H25N. The molecule has 78 valence electrons. The van der Waals surface area contributed by atoms with Crippen LogP contribution in [-0.4, -0.2) is 23.5 Å². The van der Waals surface area contributed by atoms with Crippen LogP contribution in [0.15, 0.2) is 0 Å². The van der Waals surface area contributed by atoms with E-state index in [1.54, 1.807) is 0 Å². The topological polar surface area (TPSA) is 3.24 Å². The molecule has 0 saturated carbocycles. The van der Waals surface area contributed by atoms with Gasteiger partial charge in [-0.15, -0.1) is 0 Å². The van der Waals surface area contributed by atoms with Gasteiger partial charge in [-0.1, -0.05) is 26.7 Å². The van der Waals surface area contributed by atoms with Gasteiger partial charge in [-0.2, -0.15) is 0 Å². The first-order valence-corrected chi connectivity index (χ1v) is 5.87. The zero-order valence-corrected chi connectivity index (χ0v) is 9.88. The third-order valence-electron chi connectivity index (χ3n) is 3.85. The van der Waals surface area contributed by atoms with E-state index in [0.717, 1.165) is 23.9 Å². The zero-order chi connectivity index (χ0) is 10.0. The van der Waals surface area contributed by atoms with E-state index in [1.165, 1.54) is 19.4 Å². The minimum atomic E-state index is 0.723. The number of nitrogens with zero attached hydrogens (tertiary/aromatic N) is 1. The van der Waals surface area contributed by atoms with E-state index >= 15 is 0 Å². The van der Waals surface area contributed by atoms with Gasteiger partial charge < -0.3 is 0 Å². The summed E-state index contributed by atoms with van der Waals surface area (Å²) in [4.78, 5) is 2.67. The van der Waals surface area contributed by atoms with Crippen molar-refractivity contribution in [1.82, 2.24) is 4.90 Å². The van der Waals surface area contributed by atoms with E-state index in [9.17, 15) is 0 Å². The minimum absolute atomic E-state index is 0.723. The maximum Gasteiger partial charge on any atom is 0.0101 e. The Morgan fingerprint density at radius 1 is 1.23 bits per heavy atom. The van der Waals surface area contributed by atoms with Gasteiger partial charge in [0, 0.05) is 18.6 Å². The first-order valence-electron chi connectivity index (χ1n) is 5.87. The lowest BCUT2D eigenvalue weighted by Gasteiger charge is -2.27. The second kappa shape index (κ2) is 4.45. The maximum absolute atomic E-state index is 2.67. The van der Waals surface area contributed by atoms with Crippen LogP contribution in [0.3, 0.4) is 0 Å². The molecule has 0 spiro atoms. The Bertz CT molecular complexity index is 151. The van der Waals surface area contributed by atoms with Crippen LogP contribution >= 0.6 is 0 Å². The highest BCUT2D eigenvalue weighted by atomic mass is 15.2. The van der Waals surface area contributed by atoms with E-state index in [4.69, 9.17) is 0 Å². The average Bonchev–Trinajstić information content (AvgIpc) is 2.41. The lowest BCUT2D eigenvalue weighted by molar-refractivity contribution is 0.194. The molecule has 1 heteroatoms. The molecule has 1 rings (SSSR count). The molecule has 0 bridgehead atoms. The monoisotopic (exact) mass is 183 g/mol. The molecular weight excluding hydrogens is 158 g/mol. The van der Waals surface area contributed by atoms with Crippen molar-refractivity contribution in [3.8, 4) is 0 Å². The summed E-state index contributed by atoms with van der Waals surface area (Å²) in [6.07, 6.45) is 2.70. The first kappa shape index (κ1) is 11.0. The summed E-state index contributed by atoms with van der Waals surface area (Å²) in [5, 5.41) is 0. The van der Waals surface area contributed by atoms with Gasteiger partial charge in [-0.3, -0.25) is 4.90 Å². The summed E-state index contributed by atoms with van der Waals surface area (Å²) in [7, 11) is 0. The van der Waals surface area contributed by atoms with Gasteiger partial charge in [0.1, 0.15) is 0 Å². The van der Waals surface area contributed by atoms with Crippen molar-refractivity contribution in [2.24, 2.45) is 11.8 Å². The Morgan fingerprint density at radius 3 is 2.15 bits per heavy atom. The van der Waals surface area contributed by atoms with Crippen molar-refractivity contribution in [1.29, 1.82) is 0 Å². The van der Waals surface area contributed by atoms with Crippen molar-refractivity contribution in [2.75, 3.05) is 6.54 Å². The van der Waals surface area contributed by atoms with Crippen LogP contribution in [0.25, 0.3) is 0 Å². The number of hydrogen-bond acceptors (Lipinski definition) is 1. The number of rotatable bonds is 3. The molecule has 0 aromatic heterocycles. The lowest BCUT2D eigenvalue weighted by atomic mass is 9.87. The van der Waals surface area contributed by atoms with Gasteiger partial charge in [0.2, 0.25) is 0 Å². The molecule has 1 saturated heterocycles. The molecule has 0 radical (unpaired) electrons. The van der Waals surface area contributed by atoms with Crippen LogP contribution in [0.5, 0.6) is 0 Å². The van der Waals surface area contributed by atoms with Crippen LogP contribution in [0.4, 0.5) is 0 Å². The quantitative estimate of drug-likeness (QED) is 0.649. The Hall–Kier alpha value is -0.0400. The van der Waals surface area contributed by atoms with Gasteiger partial charge in [0.05, 0.1) is 0 Å². The molecule has 0 amide bonds. The van der Waals surface area contributed by atoms with Gasteiger partial charge >= 0.3 is 0 Å². The number of hydrogen-bond donors (Lipinski definition) is 0. The molecule has 0 aromatic carbocycles. The molecule has 0 aromatic rings. The molecule has 13 heavy (non-hydrogen) atoms. The summed E-state index contributed by atoms with van der Waals surface area (Å²) < 4.78 is 0. The first-order chi connectivity index (χ1) is 6.11. The van der Waals surface area contributed by atoms with E-state index in [0.29, 0.717) is 0 Å². The maximum atomic E-state index is 2.67. The molecule has 1 heterocycles. The normalized spacial score (nSPS) is 36.0. The Labute approximate surface area is 83.5 Å². The second-order valence-corrected chi connectivity index (χ2v) is 4.77. The van der Waals surface area contributed by atoms with Crippen molar-refractivity contribution in [3.05, 3.63) is 0 Å². The highest BCUT2D eigenvalue weighted by Gasteiger charge is 2.37. The fourth-order valence-electron chi connectivity index (χ4n) is 3.00. The fraction of sp³-hybridized carbons (Fsp3) is 1.00. The van der Waals surface area contributed by atoms with Gasteiger partial charge in [0.15, 0.2) is 0 Å². The van der Waals surface area contributed by atoms with E-state index < -0.39 is 0 Å². The van der Waals surface area contributed by atoms with Crippen molar-refractivity contribution < 1.29 is 0 Å². The van der Waals surface area contributed by atoms with Gasteiger partial charge in [-0.05, 0) is 32.6 Å². The summed E-state index contributed by atoms with van der Waals surface area (Å²) >= 11 is 0. The molecule has 0 aliphatic carbocycles. The minimum Gasteiger partial charge on any atom is -0.298 e. The van der Waals surface area contributed by atoms with Crippen LogP contribution < -0.4 is 0 Å². The summed E-state index contributed by atoms with van der Waals surface area (Å²) in [6.45, 7) is 13.1. The SMILES string of the molecule is CCC1CN(C(C)C)[C@@H](C)C1CC. The molecule has 1 nitrogen and oxygen atoms in total. The van der Waals surface area contributed by atoms with Crippen LogP contribution in [0, 0.1) is 11.8 Å². The largest absolute Gasteiger partial charge is 0.298 e. The van der Waals surface area contributed by atoms with Crippen LogP contribution in [0.1, 0.15) is 47.5 Å². The molecule has 3 atom stereocenters. The van der Waals surface area contributed by atoms with Gasteiger partial charge in [-0.25, -0.2) is 0 Å². The van der Waals surface area contributed by atoms with Crippen LogP contribution in [-0.2, 0) is 0 Å². The smallest absolute Gasteiger partial charge is 0.0101 e. The highest BCUT2D eigenvalue weighted by Crippen LogP contribution is 2.35. The standard InChI is InChI=1S/C12H25N/c1-6-11-8-13(9(3)4)10(5)12(11)7-2/h9-12H,6-8H2,1-5H3/t10-,11?,12?/m0/s1. The highest BCUT2D eigenvalue weighted by molar-refractivity contribution is 4.90. The van der Waals surface area contributed by atoms with Crippen molar-refractivity contribution >= 4 is 0 Å². The lowest BCUT2D eigenvalue weighted by Crippen LogP contribution is -2.35. The molecule has 1 fully saturated rings. The number of likely N-dealkylation sites (tertiary alicyclic amines) is 1. The Kier molecular flexibility index (Phi) is 3.78. The second-order valence-electron chi connectivity index (χ2n) is 4.77. The third-order valence-corrected chi connectivity index (χ3v) is 3.85. The van der Waals surface area contributed by atoms with Crippen molar-refractivity contribution in [3.63, 3.8) is 0 Å². The third kappa shape index (κ3) is 2.07. The average molecular weight is 183 g/mol. The Balaban J connectivity index is 2.65. The Morgan fingerprint density at radius 2 is 1.85 bits per heavy atom. The summed E-state index contributed by atoms with van der Waals surface area (Å²) in [6, 6.07) is 1.52. The van der Waals surface area contributed by atoms with E-state index in [-0.39, 0.29) is 0 Å². The van der Waals surface area contributed by atoms with Crippen LogP contribution in [0.2, 0.25) is 0 Å². The van der Waals surface area contributed by atoms with Gasteiger partial charge in [0.25, 0.3) is 0 Å². The summed E-state index contributed by atoms with van der Waals surface area (Å²) in [5.74, 6) is 1.88. The fourth-order valence-corrected chi connectivity index (χ4v) is 3.00.